The standard InChI is InChI=1S/C7H14S/c1-4-5-6(2)7(3)8/h4-8H,1-3H3/b5-4+. The number of hydrogen-bond acceptors (Lipinski definition) is 1. The highest BCUT2D eigenvalue weighted by atomic mass is 32.1. The van der Waals surface area contributed by atoms with E-state index in [-0.39, 0.29) is 0 Å². The largest absolute Gasteiger partial charge is 0.176 e. The second kappa shape index (κ2) is 4.02. The van der Waals surface area contributed by atoms with Gasteiger partial charge in [0.15, 0.2) is 0 Å². The zero-order valence-corrected chi connectivity index (χ0v) is 6.65. The maximum Gasteiger partial charge on any atom is 0.00486 e. The third-order valence-corrected chi connectivity index (χ3v) is 1.73. The van der Waals surface area contributed by atoms with E-state index in [2.05, 4.69) is 38.6 Å². The molecule has 0 aliphatic heterocycles. The molecule has 0 aromatic heterocycles. The molecule has 2 atom stereocenters. The first-order chi connectivity index (χ1) is 3.68. The first kappa shape index (κ1) is 8.09. The minimum Gasteiger partial charge on any atom is -0.176 e. The Bertz CT molecular complexity index is 74.5. The smallest absolute Gasteiger partial charge is 0.00486 e. The molecular formula is C7H14S. The Labute approximate surface area is 57.4 Å². The summed E-state index contributed by atoms with van der Waals surface area (Å²) in [6.07, 6.45) is 4.23. The van der Waals surface area contributed by atoms with E-state index < -0.39 is 0 Å². The van der Waals surface area contributed by atoms with Gasteiger partial charge in [-0.05, 0) is 12.8 Å². The lowest BCUT2D eigenvalue weighted by Gasteiger charge is -2.07. The van der Waals surface area contributed by atoms with E-state index in [1.165, 1.54) is 0 Å². The summed E-state index contributed by atoms with van der Waals surface area (Å²) in [7, 11) is 0. The molecule has 0 nitrogen and oxygen atoms in total. The summed E-state index contributed by atoms with van der Waals surface area (Å²) in [6.45, 7) is 6.30. The second-order valence-electron chi connectivity index (χ2n) is 2.13. The van der Waals surface area contributed by atoms with Crippen molar-refractivity contribution in [2.24, 2.45) is 5.92 Å². The number of hydrogen-bond donors (Lipinski definition) is 1. The quantitative estimate of drug-likeness (QED) is 0.431. The van der Waals surface area contributed by atoms with E-state index in [0.717, 1.165) is 0 Å². The van der Waals surface area contributed by atoms with Gasteiger partial charge in [-0.3, -0.25) is 0 Å². The van der Waals surface area contributed by atoms with Crippen LogP contribution in [0.25, 0.3) is 0 Å². The zero-order valence-electron chi connectivity index (χ0n) is 5.76. The molecule has 0 amide bonds. The molecule has 0 heterocycles. The van der Waals surface area contributed by atoms with Crippen LogP contribution in [0.2, 0.25) is 0 Å². The van der Waals surface area contributed by atoms with Gasteiger partial charge in [0.1, 0.15) is 0 Å². The minimum absolute atomic E-state index is 0.478. The van der Waals surface area contributed by atoms with Crippen LogP contribution >= 0.6 is 12.6 Å². The van der Waals surface area contributed by atoms with Gasteiger partial charge in [-0.15, -0.1) is 0 Å². The molecule has 0 spiro atoms. The SMILES string of the molecule is C/C=C/C(C)C(C)S. The Balaban J connectivity index is 3.47. The van der Waals surface area contributed by atoms with Crippen molar-refractivity contribution in [1.82, 2.24) is 0 Å². The van der Waals surface area contributed by atoms with Gasteiger partial charge in [0.25, 0.3) is 0 Å². The van der Waals surface area contributed by atoms with Crippen LogP contribution in [0.1, 0.15) is 20.8 Å². The van der Waals surface area contributed by atoms with Gasteiger partial charge in [0, 0.05) is 5.25 Å². The molecule has 1 heteroatoms. The van der Waals surface area contributed by atoms with Crippen molar-refractivity contribution in [2.45, 2.75) is 26.0 Å². The molecule has 0 radical (unpaired) electrons. The van der Waals surface area contributed by atoms with Crippen LogP contribution < -0.4 is 0 Å². The van der Waals surface area contributed by atoms with Crippen molar-refractivity contribution in [3.63, 3.8) is 0 Å². The van der Waals surface area contributed by atoms with Gasteiger partial charge in [0.2, 0.25) is 0 Å². The molecule has 0 aromatic carbocycles. The van der Waals surface area contributed by atoms with Crippen LogP contribution in [-0.4, -0.2) is 5.25 Å². The van der Waals surface area contributed by atoms with Gasteiger partial charge in [-0.25, -0.2) is 0 Å². The Hall–Kier alpha value is 0.0900. The minimum atomic E-state index is 0.478. The normalized spacial score (nSPS) is 19.0. The molecule has 0 aromatic rings. The summed E-state index contributed by atoms with van der Waals surface area (Å²) in [5.41, 5.74) is 0. The van der Waals surface area contributed by atoms with Crippen LogP contribution in [0.15, 0.2) is 12.2 Å². The Morgan fingerprint density at radius 1 is 1.38 bits per heavy atom. The molecule has 0 bridgehead atoms. The Morgan fingerprint density at radius 3 is 2.00 bits per heavy atom. The molecule has 0 fully saturated rings. The molecule has 0 aliphatic rings. The maximum absolute atomic E-state index is 4.28. The molecule has 0 saturated heterocycles. The lowest BCUT2D eigenvalue weighted by atomic mass is 10.1. The molecule has 0 aliphatic carbocycles. The van der Waals surface area contributed by atoms with Crippen LogP contribution in [0, 0.1) is 5.92 Å². The van der Waals surface area contributed by atoms with E-state index in [0.29, 0.717) is 11.2 Å². The fraction of sp³-hybridized carbons (Fsp3) is 0.714. The topological polar surface area (TPSA) is 0 Å². The highest BCUT2D eigenvalue weighted by Crippen LogP contribution is 2.09. The second-order valence-corrected chi connectivity index (χ2v) is 2.94. The van der Waals surface area contributed by atoms with Crippen molar-refractivity contribution < 1.29 is 0 Å². The fourth-order valence-electron chi connectivity index (χ4n) is 0.464. The predicted molar refractivity (Wildman–Crippen MR) is 42.4 cm³/mol. The fourth-order valence-corrected chi connectivity index (χ4v) is 0.564. The number of rotatable bonds is 2. The Morgan fingerprint density at radius 2 is 1.88 bits per heavy atom. The van der Waals surface area contributed by atoms with Gasteiger partial charge in [0.05, 0.1) is 0 Å². The third kappa shape index (κ3) is 3.14. The lowest BCUT2D eigenvalue weighted by Crippen LogP contribution is -2.02. The molecule has 8 heavy (non-hydrogen) atoms. The van der Waals surface area contributed by atoms with E-state index in [1.54, 1.807) is 0 Å². The number of allylic oxidation sites excluding steroid dienone is 2. The molecular weight excluding hydrogens is 116 g/mol. The average Bonchev–Trinajstić information content (AvgIpc) is 1.67. The van der Waals surface area contributed by atoms with Crippen molar-refractivity contribution >= 4 is 12.6 Å². The van der Waals surface area contributed by atoms with Gasteiger partial charge >= 0.3 is 0 Å². The van der Waals surface area contributed by atoms with Gasteiger partial charge < -0.3 is 0 Å². The summed E-state index contributed by atoms with van der Waals surface area (Å²) < 4.78 is 0. The predicted octanol–water partition coefficient (Wildman–Crippen LogP) is 2.52. The highest BCUT2D eigenvalue weighted by Gasteiger charge is 2.00. The van der Waals surface area contributed by atoms with E-state index in [4.69, 9.17) is 0 Å². The van der Waals surface area contributed by atoms with E-state index in [9.17, 15) is 0 Å². The van der Waals surface area contributed by atoms with Crippen molar-refractivity contribution in [3.8, 4) is 0 Å². The van der Waals surface area contributed by atoms with Crippen LogP contribution in [-0.2, 0) is 0 Å². The Kier molecular flexibility index (Phi) is 4.06. The molecule has 48 valence electrons. The van der Waals surface area contributed by atoms with E-state index in [1.807, 2.05) is 6.92 Å². The number of thiol groups is 1. The highest BCUT2D eigenvalue weighted by molar-refractivity contribution is 7.80. The molecule has 2 unspecified atom stereocenters. The van der Waals surface area contributed by atoms with Crippen LogP contribution in [0.4, 0.5) is 0 Å². The zero-order chi connectivity index (χ0) is 6.57. The first-order valence-corrected chi connectivity index (χ1v) is 3.51. The van der Waals surface area contributed by atoms with Crippen molar-refractivity contribution in [3.05, 3.63) is 12.2 Å². The van der Waals surface area contributed by atoms with Crippen LogP contribution in [0.3, 0.4) is 0 Å². The molecule has 0 rings (SSSR count). The van der Waals surface area contributed by atoms with Gasteiger partial charge in [-0.1, -0.05) is 26.0 Å². The average molecular weight is 130 g/mol. The third-order valence-electron chi connectivity index (χ3n) is 1.26. The summed E-state index contributed by atoms with van der Waals surface area (Å²) in [5.74, 6) is 0.600. The molecule has 0 saturated carbocycles. The summed E-state index contributed by atoms with van der Waals surface area (Å²) in [4.78, 5) is 0. The summed E-state index contributed by atoms with van der Waals surface area (Å²) >= 11 is 4.28. The van der Waals surface area contributed by atoms with Crippen molar-refractivity contribution in [1.29, 1.82) is 0 Å². The summed E-state index contributed by atoms with van der Waals surface area (Å²) in [6, 6.07) is 0. The molecule has 0 N–H and O–H groups in total. The van der Waals surface area contributed by atoms with Crippen molar-refractivity contribution in [2.75, 3.05) is 0 Å². The van der Waals surface area contributed by atoms with Crippen LogP contribution in [0.5, 0.6) is 0 Å². The maximum atomic E-state index is 4.28. The monoisotopic (exact) mass is 130 g/mol. The first-order valence-electron chi connectivity index (χ1n) is 2.99. The van der Waals surface area contributed by atoms with Gasteiger partial charge in [-0.2, -0.15) is 12.6 Å². The summed E-state index contributed by atoms with van der Waals surface area (Å²) in [5, 5.41) is 0.478. The lowest BCUT2D eigenvalue weighted by molar-refractivity contribution is 0.719. The van der Waals surface area contributed by atoms with E-state index >= 15 is 0 Å².